The number of carbonyl (C=O) groups excluding carboxylic acids is 1. The van der Waals surface area contributed by atoms with E-state index >= 15 is 0 Å². The minimum atomic E-state index is -0.645. The third-order valence-electron chi connectivity index (χ3n) is 3.24. The fourth-order valence-electron chi connectivity index (χ4n) is 1.66. The summed E-state index contributed by atoms with van der Waals surface area (Å²) in [5, 5.41) is 19.3. The van der Waals surface area contributed by atoms with Crippen molar-refractivity contribution in [2.45, 2.75) is 39.2 Å². The predicted octanol–water partition coefficient (Wildman–Crippen LogP) is 1.27. The minimum absolute atomic E-state index is 0.0484. The third kappa shape index (κ3) is 3.94. The van der Waals surface area contributed by atoms with Gasteiger partial charge in [0, 0.05) is 11.5 Å². The zero-order chi connectivity index (χ0) is 12.6. The van der Waals surface area contributed by atoms with Crippen LogP contribution in [0.5, 0.6) is 0 Å². The van der Waals surface area contributed by atoms with Crippen molar-refractivity contribution in [2.24, 2.45) is 5.41 Å². The molecule has 4 nitrogen and oxygen atoms in total. The lowest BCUT2D eigenvalue weighted by Gasteiger charge is -2.34. The quantitative estimate of drug-likeness (QED) is 0.510. The molecule has 0 saturated carbocycles. The van der Waals surface area contributed by atoms with Gasteiger partial charge in [-0.05, 0) is 19.3 Å². The Morgan fingerprint density at radius 3 is 2.38 bits per heavy atom. The van der Waals surface area contributed by atoms with Crippen molar-refractivity contribution in [3.8, 4) is 0 Å². The highest BCUT2D eigenvalue weighted by atomic mass is 16.5. The van der Waals surface area contributed by atoms with Crippen molar-refractivity contribution in [3.05, 3.63) is 12.2 Å². The highest BCUT2D eigenvalue weighted by molar-refractivity contribution is 5.81. The van der Waals surface area contributed by atoms with Crippen LogP contribution in [0.4, 0.5) is 0 Å². The van der Waals surface area contributed by atoms with Gasteiger partial charge in [-0.3, -0.25) is 0 Å². The lowest BCUT2D eigenvalue weighted by atomic mass is 9.76. The van der Waals surface area contributed by atoms with Crippen LogP contribution in [-0.2, 0) is 9.53 Å². The molecule has 0 aliphatic carbocycles. The van der Waals surface area contributed by atoms with Crippen molar-refractivity contribution < 1.29 is 19.7 Å². The van der Waals surface area contributed by atoms with Gasteiger partial charge in [-0.2, -0.15) is 0 Å². The molecule has 0 aliphatic heterocycles. The molecule has 0 spiro atoms. The first-order valence-electron chi connectivity index (χ1n) is 5.59. The number of hydrogen-bond acceptors (Lipinski definition) is 4. The normalized spacial score (nSPS) is 14.1. The van der Waals surface area contributed by atoms with Crippen LogP contribution < -0.4 is 0 Å². The van der Waals surface area contributed by atoms with Crippen molar-refractivity contribution in [1.82, 2.24) is 0 Å². The molecule has 1 atom stereocenters. The molecule has 0 bridgehead atoms. The molecule has 0 aromatic rings. The molecule has 0 radical (unpaired) electrons. The van der Waals surface area contributed by atoms with Crippen LogP contribution >= 0.6 is 0 Å². The van der Waals surface area contributed by atoms with E-state index in [0.29, 0.717) is 19.3 Å². The number of carbonyl (C=O) groups is 1. The van der Waals surface area contributed by atoms with E-state index in [9.17, 15) is 15.0 Å². The van der Waals surface area contributed by atoms with E-state index < -0.39 is 17.5 Å². The molecular formula is C12H22O4. The van der Waals surface area contributed by atoms with Crippen LogP contribution in [0.25, 0.3) is 0 Å². The zero-order valence-electron chi connectivity index (χ0n) is 10.3. The van der Waals surface area contributed by atoms with Crippen LogP contribution in [-0.4, -0.2) is 36.0 Å². The lowest BCUT2D eigenvalue weighted by molar-refractivity contribution is -0.134. The molecule has 0 heterocycles. The molecule has 2 N–H and O–H groups in total. The summed E-state index contributed by atoms with van der Waals surface area (Å²) in [4.78, 5) is 10.8. The van der Waals surface area contributed by atoms with Gasteiger partial charge >= 0.3 is 5.97 Å². The molecule has 0 aromatic carbocycles. The van der Waals surface area contributed by atoms with Crippen LogP contribution in [0.1, 0.15) is 33.1 Å². The van der Waals surface area contributed by atoms with E-state index in [1.807, 2.05) is 13.8 Å². The molecule has 0 aromatic heterocycles. The molecule has 0 rings (SSSR count). The van der Waals surface area contributed by atoms with Crippen molar-refractivity contribution in [1.29, 1.82) is 0 Å². The summed E-state index contributed by atoms with van der Waals surface area (Å²) in [5.41, 5.74) is -0.472. The fourth-order valence-corrected chi connectivity index (χ4v) is 1.66. The van der Waals surface area contributed by atoms with Gasteiger partial charge in [0.05, 0.1) is 19.8 Å². The van der Waals surface area contributed by atoms with Crippen LogP contribution in [0.3, 0.4) is 0 Å². The first-order chi connectivity index (χ1) is 7.56. The molecular weight excluding hydrogens is 208 g/mol. The molecule has 16 heavy (non-hydrogen) atoms. The maximum atomic E-state index is 10.8. The summed E-state index contributed by atoms with van der Waals surface area (Å²) in [6.45, 7) is 3.83. The standard InChI is InChI=1S/C12H22O4/c1-4-12(5-2,9-13)10(14)7-6-8-11(15)16-3/h6,8,10,13-14H,4-5,7,9H2,1-3H3. The third-order valence-corrected chi connectivity index (χ3v) is 3.24. The molecule has 1 unspecified atom stereocenters. The maximum absolute atomic E-state index is 10.8. The Labute approximate surface area is 96.9 Å². The molecule has 0 aliphatic rings. The maximum Gasteiger partial charge on any atom is 0.330 e. The lowest BCUT2D eigenvalue weighted by Crippen LogP contribution is -2.37. The summed E-state index contributed by atoms with van der Waals surface area (Å²) >= 11 is 0. The summed E-state index contributed by atoms with van der Waals surface area (Å²) in [5.74, 6) is -0.435. The summed E-state index contributed by atoms with van der Waals surface area (Å²) in [7, 11) is 1.30. The van der Waals surface area contributed by atoms with E-state index in [0.717, 1.165) is 0 Å². The van der Waals surface area contributed by atoms with E-state index in [2.05, 4.69) is 4.74 Å². The van der Waals surface area contributed by atoms with Crippen molar-refractivity contribution in [2.75, 3.05) is 13.7 Å². The van der Waals surface area contributed by atoms with Crippen LogP contribution in [0.2, 0.25) is 0 Å². The van der Waals surface area contributed by atoms with Gasteiger partial charge in [-0.25, -0.2) is 4.79 Å². The molecule has 0 amide bonds. The van der Waals surface area contributed by atoms with Gasteiger partial charge in [0.1, 0.15) is 0 Å². The highest BCUT2D eigenvalue weighted by Crippen LogP contribution is 2.31. The van der Waals surface area contributed by atoms with Gasteiger partial charge in [-0.15, -0.1) is 0 Å². The van der Waals surface area contributed by atoms with Crippen molar-refractivity contribution >= 4 is 5.97 Å². The largest absolute Gasteiger partial charge is 0.466 e. The summed E-state index contributed by atoms with van der Waals surface area (Å²) in [6, 6.07) is 0. The van der Waals surface area contributed by atoms with E-state index in [-0.39, 0.29) is 6.61 Å². The number of aliphatic hydroxyl groups is 2. The smallest absolute Gasteiger partial charge is 0.330 e. The second-order valence-corrected chi connectivity index (χ2v) is 3.90. The Hall–Kier alpha value is -0.870. The monoisotopic (exact) mass is 230 g/mol. The highest BCUT2D eigenvalue weighted by Gasteiger charge is 2.32. The van der Waals surface area contributed by atoms with Gasteiger partial charge in [-0.1, -0.05) is 19.9 Å². The average Bonchev–Trinajstić information content (AvgIpc) is 2.31. The second-order valence-electron chi connectivity index (χ2n) is 3.90. The minimum Gasteiger partial charge on any atom is -0.466 e. The molecule has 94 valence electrons. The Morgan fingerprint density at radius 1 is 1.44 bits per heavy atom. The number of esters is 1. The van der Waals surface area contributed by atoms with E-state index in [4.69, 9.17) is 0 Å². The summed E-state index contributed by atoms with van der Waals surface area (Å²) in [6.07, 6.45) is 3.97. The predicted molar refractivity (Wildman–Crippen MR) is 61.9 cm³/mol. The molecule has 4 heteroatoms. The van der Waals surface area contributed by atoms with E-state index in [1.54, 1.807) is 6.08 Å². The number of rotatable bonds is 7. The fraction of sp³-hybridized carbons (Fsp3) is 0.750. The average molecular weight is 230 g/mol. The van der Waals surface area contributed by atoms with Gasteiger partial charge in [0.2, 0.25) is 0 Å². The van der Waals surface area contributed by atoms with Crippen LogP contribution in [0.15, 0.2) is 12.2 Å². The number of ether oxygens (including phenoxy) is 1. The Balaban J connectivity index is 4.37. The second kappa shape index (κ2) is 7.41. The number of aliphatic hydroxyl groups excluding tert-OH is 2. The SMILES string of the molecule is CCC(CC)(CO)C(O)CC=CC(=O)OC. The topological polar surface area (TPSA) is 66.8 Å². The van der Waals surface area contributed by atoms with Gasteiger partial charge in [0.25, 0.3) is 0 Å². The Kier molecular flexibility index (Phi) is 7.01. The van der Waals surface area contributed by atoms with Crippen LogP contribution in [0, 0.1) is 5.41 Å². The molecule has 0 saturated heterocycles. The van der Waals surface area contributed by atoms with Crippen molar-refractivity contribution in [3.63, 3.8) is 0 Å². The van der Waals surface area contributed by atoms with Gasteiger partial charge in [0.15, 0.2) is 0 Å². The van der Waals surface area contributed by atoms with E-state index in [1.165, 1.54) is 13.2 Å². The molecule has 0 fully saturated rings. The van der Waals surface area contributed by atoms with Gasteiger partial charge < -0.3 is 14.9 Å². The number of hydrogen-bond donors (Lipinski definition) is 2. The number of methoxy groups -OCH3 is 1. The summed E-state index contributed by atoms with van der Waals surface area (Å²) < 4.78 is 4.44. The first kappa shape index (κ1) is 15.1. The Bertz CT molecular complexity index is 223. The Morgan fingerprint density at radius 2 is 2.00 bits per heavy atom. The first-order valence-corrected chi connectivity index (χ1v) is 5.59. The zero-order valence-corrected chi connectivity index (χ0v) is 10.3.